The maximum atomic E-state index is 11.5. The van der Waals surface area contributed by atoms with Crippen LogP contribution in [0.3, 0.4) is 0 Å². The van der Waals surface area contributed by atoms with Crippen molar-refractivity contribution in [2.75, 3.05) is 0 Å². The number of halogens is 1. The number of hydrogen-bond donors (Lipinski definition) is 0. The van der Waals surface area contributed by atoms with Crippen molar-refractivity contribution in [3.63, 3.8) is 0 Å². The maximum absolute atomic E-state index is 11.5. The van der Waals surface area contributed by atoms with Crippen molar-refractivity contribution in [3.05, 3.63) is 64.6 Å². The van der Waals surface area contributed by atoms with E-state index in [1.165, 1.54) is 31.7 Å². The van der Waals surface area contributed by atoms with E-state index in [-0.39, 0.29) is 3.79 Å². The molecular weight excluding hydrogens is 391 g/mol. The number of hydrogen-bond acceptors (Lipinski definition) is 1. The van der Waals surface area contributed by atoms with E-state index in [0.717, 1.165) is 5.57 Å². The quantitative estimate of drug-likeness (QED) is 0.232. The summed E-state index contributed by atoms with van der Waals surface area (Å²) in [4.78, 5) is 14.0. The molecule has 0 unspecified atom stereocenters. The summed E-state index contributed by atoms with van der Waals surface area (Å²) >= 11 is 3.58. The molecule has 1 aliphatic heterocycles. The van der Waals surface area contributed by atoms with E-state index in [1.54, 1.807) is 17.4 Å². The smallest absolute Gasteiger partial charge is 0.219 e. The molecule has 0 amide bonds. The van der Waals surface area contributed by atoms with Crippen LogP contribution in [0.5, 0.6) is 0 Å². The second-order valence-corrected chi connectivity index (χ2v) is 7.51. The molecule has 1 aliphatic rings. The van der Waals surface area contributed by atoms with E-state index < -0.39 is 0 Å². The normalized spacial score (nSPS) is 16.7. The predicted molar refractivity (Wildman–Crippen MR) is 102 cm³/mol. The molecule has 3 heteroatoms. The van der Waals surface area contributed by atoms with Gasteiger partial charge >= 0.3 is 0 Å². The Bertz CT molecular complexity index is 843. The summed E-state index contributed by atoms with van der Waals surface area (Å²) in [5.41, 5.74) is 3.43. The van der Waals surface area contributed by atoms with Gasteiger partial charge in [-0.2, -0.15) is 0 Å². The first kappa shape index (κ1) is 14.6. The fourth-order valence-electron chi connectivity index (χ4n) is 2.69. The summed E-state index contributed by atoms with van der Waals surface area (Å²) < 4.78 is 0.0653. The van der Waals surface area contributed by atoms with Crippen molar-refractivity contribution in [3.8, 4) is 0 Å². The highest BCUT2D eigenvalue weighted by molar-refractivity contribution is 14.1. The van der Waals surface area contributed by atoms with E-state index >= 15 is 0 Å². The molecule has 0 saturated heterocycles. The molecular formula is C18H14IOS+. The number of allylic oxidation sites excluding steroid dienone is 4. The van der Waals surface area contributed by atoms with E-state index in [0.29, 0.717) is 0 Å². The Kier molecular flexibility index (Phi) is 4.04. The zero-order valence-electron chi connectivity index (χ0n) is 11.8. The van der Waals surface area contributed by atoms with Gasteiger partial charge in [-0.25, -0.2) is 0 Å². The molecule has 1 nitrogen and oxygen atoms in total. The average molecular weight is 405 g/mol. The van der Waals surface area contributed by atoms with Gasteiger partial charge in [-0.05, 0) is 22.4 Å². The molecule has 21 heavy (non-hydrogen) atoms. The fraction of sp³-hybridized carbons (Fsp3) is 0.111. The lowest BCUT2D eigenvalue weighted by Gasteiger charge is -2.06. The van der Waals surface area contributed by atoms with Crippen LogP contribution in [0.4, 0.5) is 0 Å². The molecule has 0 spiro atoms. The first-order valence-electron chi connectivity index (χ1n) is 6.69. The molecule has 0 atom stereocenters. The molecule has 0 aromatic heterocycles. The van der Waals surface area contributed by atoms with Crippen LogP contribution in [-0.4, -0.2) is 8.65 Å². The minimum absolute atomic E-state index is 0.0653. The number of fused-ring (bicyclic) bond motifs is 1. The third kappa shape index (κ3) is 2.85. The predicted octanol–water partition coefficient (Wildman–Crippen LogP) is 4.75. The summed E-state index contributed by atoms with van der Waals surface area (Å²) in [6.07, 6.45) is 1.74. The number of rotatable bonds is 2. The Balaban J connectivity index is 2.17. The molecule has 0 aliphatic carbocycles. The second kappa shape index (κ2) is 5.81. The molecule has 0 bridgehead atoms. The molecule has 0 fully saturated rings. The lowest BCUT2D eigenvalue weighted by Crippen LogP contribution is -1.98. The van der Waals surface area contributed by atoms with E-state index in [2.05, 4.69) is 56.3 Å². The van der Waals surface area contributed by atoms with Crippen LogP contribution in [0.2, 0.25) is 0 Å². The molecule has 1 heterocycles. The van der Waals surface area contributed by atoms with Gasteiger partial charge in [-0.3, -0.25) is 4.79 Å². The summed E-state index contributed by atoms with van der Waals surface area (Å²) in [6, 6.07) is 14.8. The molecule has 2 aromatic rings. The molecule has 104 valence electrons. The largest absolute Gasteiger partial charge is 0.283 e. The molecule has 0 saturated carbocycles. The summed E-state index contributed by atoms with van der Waals surface area (Å²) in [5, 5.41) is 2.46. The standard InChI is InChI=1S/C18H14IOS/c1-11-16(10-17(19)20)18(12(2)21-11)15-8-7-13-5-3-4-6-14(13)9-15/h3-10H,1-2H3/q+1/b16-10-. The fourth-order valence-corrected chi connectivity index (χ4v) is 4.06. The minimum Gasteiger partial charge on any atom is -0.283 e. The Labute approximate surface area is 141 Å². The number of benzene rings is 2. The highest BCUT2D eigenvalue weighted by atomic mass is 127. The van der Waals surface area contributed by atoms with Crippen molar-refractivity contribution >= 4 is 58.9 Å². The SMILES string of the molecule is CC1=[S+]C(C)=C(c2ccc3ccccc3c2)/C1=C\C(=O)I. The zero-order valence-corrected chi connectivity index (χ0v) is 14.8. The Hall–Kier alpha value is -1.33. The minimum atomic E-state index is 0.0653. The summed E-state index contributed by atoms with van der Waals surface area (Å²) in [6.45, 7) is 4.20. The van der Waals surface area contributed by atoms with Crippen LogP contribution < -0.4 is 0 Å². The second-order valence-electron chi connectivity index (χ2n) is 5.01. The van der Waals surface area contributed by atoms with Gasteiger partial charge in [0.15, 0.2) is 0 Å². The third-order valence-electron chi connectivity index (χ3n) is 3.60. The Morgan fingerprint density at radius 1 is 1.10 bits per heavy atom. The van der Waals surface area contributed by atoms with Gasteiger partial charge in [-0.15, -0.1) is 0 Å². The highest BCUT2D eigenvalue weighted by Gasteiger charge is 2.30. The van der Waals surface area contributed by atoms with Crippen molar-refractivity contribution in [1.29, 1.82) is 0 Å². The first-order valence-corrected chi connectivity index (χ1v) is 8.59. The van der Waals surface area contributed by atoms with E-state index in [1.807, 2.05) is 22.6 Å². The van der Waals surface area contributed by atoms with E-state index in [9.17, 15) is 4.79 Å². The van der Waals surface area contributed by atoms with Gasteiger partial charge in [0.1, 0.15) is 0 Å². The van der Waals surface area contributed by atoms with Crippen LogP contribution in [-0.2, 0) is 16.1 Å². The van der Waals surface area contributed by atoms with Crippen molar-refractivity contribution in [2.45, 2.75) is 13.8 Å². The lowest BCUT2D eigenvalue weighted by atomic mass is 9.94. The Morgan fingerprint density at radius 3 is 2.52 bits per heavy atom. The van der Waals surface area contributed by atoms with Crippen molar-refractivity contribution < 1.29 is 4.79 Å². The van der Waals surface area contributed by atoms with Crippen LogP contribution >= 0.6 is 22.6 Å². The van der Waals surface area contributed by atoms with Crippen LogP contribution in [0.15, 0.2) is 59.0 Å². The molecule has 0 radical (unpaired) electrons. The van der Waals surface area contributed by atoms with Gasteiger partial charge in [0.25, 0.3) is 0 Å². The molecule has 2 aromatic carbocycles. The van der Waals surface area contributed by atoms with Gasteiger partial charge in [-0.1, -0.05) is 36.4 Å². The Morgan fingerprint density at radius 2 is 1.81 bits per heavy atom. The van der Waals surface area contributed by atoms with Crippen LogP contribution in [0.25, 0.3) is 16.3 Å². The zero-order chi connectivity index (χ0) is 15.0. The third-order valence-corrected chi connectivity index (χ3v) is 4.95. The van der Waals surface area contributed by atoms with Crippen LogP contribution in [0, 0.1) is 0 Å². The van der Waals surface area contributed by atoms with E-state index in [4.69, 9.17) is 0 Å². The number of carbonyl (C=O) groups is 1. The lowest BCUT2D eigenvalue weighted by molar-refractivity contribution is -0.105. The monoisotopic (exact) mass is 405 g/mol. The van der Waals surface area contributed by atoms with Crippen molar-refractivity contribution in [2.24, 2.45) is 0 Å². The summed E-state index contributed by atoms with van der Waals surface area (Å²) in [7, 11) is 0. The van der Waals surface area contributed by atoms with Gasteiger partial charge in [0.05, 0.1) is 11.1 Å². The van der Waals surface area contributed by atoms with Gasteiger partial charge in [0.2, 0.25) is 24.9 Å². The van der Waals surface area contributed by atoms with Gasteiger partial charge < -0.3 is 0 Å². The number of carbonyl (C=O) groups excluding carboxylic acids is 1. The topological polar surface area (TPSA) is 17.1 Å². The maximum Gasteiger partial charge on any atom is 0.219 e. The summed E-state index contributed by atoms with van der Waals surface area (Å²) in [5.74, 6) is 0. The first-order chi connectivity index (χ1) is 10.1. The van der Waals surface area contributed by atoms with Crippen molar-refractivity contribution in [1.82, 2.24) is 0 Å². The van der Waals surface area contributed by atoms with Gasteiger partial charge in [0, 0.05) is 42.5 Å². The average Bonchev–Trinajstić information content (AvgIpc) is 2.72. The molecule has 0 N–H and O–H groups in total. The van der Waals surface area contributed by atoms with Crippen LogP contribution in [0.1, 0.15) is 19.4 Å². The highest BCUT2D eigenvalue weighted by Crippen LogP contribution is 2.34. The molecule has 3 rings (SSSR count).